The first-order chi connectivity index (χ1) is 4.45. The van der Waals surface area contributed by atoms with E-state index in [4.69, 9.17) is 0 Å². The zero-order valence-electron chi connectivity index (χ0n) is 6.73. The molecule has 5 nitrogen and oxygen atoms in total. The van der Waals surface area contributed by atoms with E-state index < -0.39 is 16.7 Å². The maximum absolute atomic E-state index is 9.86. The minimum absolute atomic E-state index is 0. The van der Waals surface area contributed by atoms with Gasteiger partial charge in [0.1, 0.15) is 0 Å². The van der Waals surface area contributed by atoms with E-state index in [-0.39, 0.29) is 29.6 Å². The minimum atomic E-state index is -4.62. The molecule has 0 bridgehead atoms. The topological polar surface area (TPSA) is 75.7 Å². The van der Waals surface area contributed by atoms with Crippen molar-refractivity contribution in [1.82, 2.24) is 0 Å². The van der Waals surface area contributed by atoms with Crippen LogP contribution in [0.3, 0.4) is 0 Å². The largest absolute Gasteiger partial charge is 1.00 e. The second kappa shape index (κ2) is 6.36. The quantitative estimate of drug-likeness (QED) is 0.203. The van der Waals surface area contributed by atoms with E-state index in [1.807, 2.05) is 0 Å². The van der Waals surface area contributed by atoms with Gasteiger partial charge in [-0.1, -0.05) is 0 Å². The van der Waals surface area contributed by atoms with E-state index in [1.54, 1.807) is 6.92 Å². The summed E-state index contributed by atoms with van der Waals surface area (Å²) >= 11 is 0. The van der Waals surface area contributed by atoms with Crippen LogP contribution in [0.15, 0.2) is 0 Å². The Bertz CT molecular complexity index is 177. The molecule has 7 heteroatoms. The Kier molecular flexibility index (Phi) is 8.30. The fourth-order valence-electron chi connectivity index (χ4n) is 0.428. The van der Waals surface area contributed by atoms with E-state index in [9.17, 15) is 13.0 Å². The minimum Gasteiger partial charge on any atom is -0.725 e. The average molecular weight is 192 g/mol. The van der Waals surface area contributed by atoms with Crippen LogP contribution in [0.4, 0.5) is 0 Å². The van der Waals surface area contributed by atoms with Crippen molar-refractivity contribution in [3.63, 3.8) is 0 Å². The van der Waals surface area contributed by atoms with Crippen molar-refractivity contribution < 1.29 is 51.4 Å². The Hall–Kier alpha value is 0.830. The van der Waals surface area contributed by atoms with Gasteiger partial charge in [0.15, 0.2) is 6.29 Å². The first-order valence-corrected chi connectivity index (χ1v) is 4.04. The van der Waals surface area contributed by atoms with Crippen LogP contribution in [0.25, 0.3) is 0 Å². The van der Waals surface area contributed by atoms with E-state index in [2.05, 4.69) is 8.92 Å². The molecule has 0 aliphatic heterocycles. The van der Waals surface area contributed by atoms with Crippen LogP contribution in [0.2, 0.25) is 0 Å². The molecular weight excluding hydrogens is 183 g/mol. The van der Waals surface area contributed by atoms with Crippen LogP contribution in [-0.2, 0) is 19.3 Å². The van der Waals surface area contributed by atoms with Gasteiger partial charge in [-0.3, -0.25) is 0 Å². The van der Waals surface area contributed by atoms with E-state index >= 15 is 0 Å². The van der Waals surface area contributed by atoms with Crippen molar-refractivity contribution in [2.45, 2.75) is 20.1 Å². The molecule has 0 fully saturated rings. The Morgan fingerprint density at radius 2 is 2.00 bits per heavy atom. The van der Waals surface area contributed by atoms with Crippen molar-refractivity contribution in [3.8, 4) is 0 Å². The predicted molar refractivity (Wildman–Crippen MR) is 31.9 cm³/mol. The molecule has 0 aromatic carbocycles. The van der Waals surface area contributed by atoms with Gasteiger partial charge in [0.05, 0.1) is 0 Å². The second-order valence-corrected chi connectivity index (χ2v) is 2.54. The molecule has 62 valence electrons. The molecule has 1 unspecified atom stereocenters. The number of hydrogen-bond acceptors (Lipinski definition) is 5. The van der Waals surface area contributed by atoms with Gasteiger partial charge in [-0.25, -0.2) is 12.6 Å². The maximum Gasteiger partial charge on any atom is 1.00 e. The fourth-order valence-corrected chi connectivity index (χ4v) is 0.816. The van der Waals surface area contributed by atoms with Gasteiger partial charge >= 0.3 is 29.6 Å². The summed E-state index contributed by atoms with van der Waals surface area (Å²) < 4.78 is 38.1. The van der Waals surface area contributed by atoms with Gasteiger partial charge < -0.3 is 9.29 Å². The van der Waals surface area contributed by atoms with Crippen molar-refractivity contribution in [2.24, 2.45) is 0 Å². The average Bonchev–Trinajstić information content (AvgIpc) is 1.59. The molecular formula is C4H9NaO5S. The molecule has 0 aliphatic carbocycles. The third-order valence-corrected chi connectivity index (χ3v) is 1.16. The first-order valence-electron chi connectivity index (χ1n) is 2.71. The zero-order chi connectivity index (χ0) is 8.20. The Balaban J connectivity index is 0. The van der Waals surface area contributed by atoms with Crippen LogP contribution >= 0.6 is 0 Å². The van der Waals surface area contributed by atoms with Crippen molar-refractivity contribution in [3.05, 3.63) is 0 Å². The number of rotatable bonds is 4. The van der Waals surface area contributed by atoms with Crippen molar-refractivity contribution >= 4 is 10.4 Å². The van der Waals surface area contributed by atoms with E-state index in [1.165, 1.54) is 6.92 Å². The van der Waals surface area contributed by atoms with Crippen LogP contribution in [0.5, 0.6) is 0 Å². The molecule has 0 saturated carbocycles. The van der Waals surface area contributed by atoms with Crippen molar-refractivity contribution in [2.75, 3.05) is 6.61 Å². The normalized spacial score (nSPS) is 13.7. The molecule has 0 amide bonds. The summed E-state index contributed by atoms with van der Waals surface area (Å²) in [6, 6.07) is 0. The SMILES string of the molecule is CCOC(C)OS(=O)(=O)[O-].[Na+]. The molecule has 0 aromatic rings. The Morgan fingerprint density at radius 3 is 2.27 bits per heavy atom. The van der Waals surface area contributed by atoms with Crippen LogP contribution in [-0.4, -0.2) is 25.9 Å². The van der Waals surface area contributed by atoms with Gasteiger partial charge in [0, 0.05) is 6.61 Å². The third-order valence-electron chi connectivity index (χ3n) is 0.655. The summed E-state index contributed by atoms with van der Waals surface area (Å²) in [7, 11) is -4.62. The second-order valence-electron chi connectivity index (χ2n) is 1.53. The van der Waals surface area contributed by atoms with Crippen LogP contribution < -0.4 is 29.6 Å². The fraction of sp³-hybridized carbons (Fsp3) is 1.00. The molecule has 0 spiro atoms. The summed E-state index contributed by atoms with van der Waals surface area (Å²) in [6.07, 6.45) is -0.993. The van der Waals surface area contributed by atoms with Gasteiger partial charge in [0.2, 0.25) is 10.4 Å². The summed E-state index contributed by atoms with van der Waals surface area (Å²) in [6.45, 7) is 3.30. The summed E-state index contributed by atoms with van der Waals surface area (Å²) in [5.41, 5.74) is 0. The smallest absolute Gasteiger partial charge is 0.725 e. The summed E-state index contributed by atoms with van der Waals surface area (Å²) in [4.78, 5) is 0. The van der Waals surface area contributed by atoms with Gasteiger partial charge in [-0.05, 0) is 13.8 Å². The monoisotopic (exact) mass is 192 g/mol. The summed E-state index contributed by atoms with van der Waals surface area (Å²) in [5.74, 6) is 0. The molecule has 11 heavy (non-hydrogen) atoms. The first kappa shape index (κ1) is 14.4. The van der Waals surface area contributed by atoms with Crippen molar-refractivity contribution in [1.29, 1.82) is 0 Å². The molecule has 0 saturated heterocycles. The Morgan fingerprint density at radius 1 is 1.55 bits per heavy atom. The van der Waals surface area contributed by atoms with Crippen LogP contribution in [0.1, 0.15) is 13.8 Å². The maximum atomic E-state index is 9.86. The molecule has 0 aromatic heterocycles. The van der Waals surface area contributed by atoms with E-state index in [0.717, 1.165) is 0 Å². The number of hydrogen-bond donors (Lipinski definition) is 0. The molecule has 0 heterocycles. The zero-order valence-corrected chi connectivity index (χ0v) is 9.55. The Labute approximate surface area is 88.3 Å². The van der Waals surface area contributed by atoms with E-state index in [0.29, 0.717) is 6.61 Å². The molecule has 0 N–H and O–H groups in total. The molecule has 0 radical (unpaired) electrons. The number of ether oxygens (including phenoxy) is 1. The van der Waals surface area contributed by atoms with Gasteiger partial charge in [-0.15, -0.1) is 0 Å². The van der Waals surface area contributed by atoms with Crippen LogP contribution in [0, 0.1) is 0 Å². The predicted octanol–water partition coefficient (Wildman–Crippen LogP) is -3.15. The summed E-state index contributed by atoms with van der Waals surface area (Å²) in [5, 5.41) is 0. The van der Waals surface area contributed by atoms with Gasteiger partial charge in [-0.2, -0.15) is 0 Å². The van der Waals surface area contributed by atoms with Gasteiger partial charge in [0.25, 0.3) is 0 Å². The molecule has 0 aliphatic rings. The third kappa shape index (κ3) is 10.8. The standard InChI is InChI=1S/C4H10O5S.Na/c1-3-8-4(2)9-10(5,6)7;/h4H,3H2,1-2H3,(H,5,6,7);/q;+1/p-1. The molecule has 1 atom stereocenters. The molecule has 0 rings (SSSR count).